The predicted octanol–water partition coefficient (Wildman–Crippen LogP) is 0.906. The van der Waals surface area contributed by atoms with Gasteiger partial charge in [-0.05, 0) is 68.0 Å². The second-order valence-electron chi connectivity index (χ2n) is 8.22. The highest BCUT2D eigenvalue weighted by Gasteiger charge is 2.51. The van der Waals surface area contributed by atoms with Crippen molar-refractivity contribution in [1.82, 2.24) is 5.32 Å². The lowest BCUT2D eigenvalue weighted by Gasteiger charge is -2.30. The van der Waals surface area contributed by atoms with Crippen molar-refractivity contribution in [2.24, 2.45) is 0 Å². The largest absolute Gasteiger partial charge is 0.292 e. The fourth-order valence-electron chi connectivity index (χ4n) is 4.10. The summed E-state index contributed by atoms with van der Waals surface area (Å²) in [6.45, 7) is 4.17. The molecule has 0 saturated heterocycles. The Morgan fingerprint density at radius 3 is 1.19 bits per heavy atom. The number of benzene rings is 4. The summed E-state index contributed by atoms with van der Waals surface area (Å²) >= 11 is 0. The van der Waals surface area contributed by atoms with Crippen molar-refractivity contribution in [3.63, 3.8) is 0 Å². The molecule has 0 saturated carbocycles. The van der Waals surface area contributed by atoms with Crippen LogP contribution in [0.3, 0.4) is 0 Å². The summed E-state index contributed by atoms with van der Waals surface area (Å²) in [6, 6.07) is 41.1. The third-order valence-corrected chi connectivity index (χ3v) is 9.96. The Labute approximate surface area is 219 Å². The van der Waals surface area contributed by atoms with Gasteiger partial charge in [-0.25, -0.2) is 18.6 Å². The van der Waals surface area contributed by atoms with Gasteiger partial charge in [-0.2, -0.15) is 0 Å². The van der Waals surface area contributed by atoms with Gasteiger partial charge in [0, 0.05) is 5.56 Å². The molecule has 0 aliphatic heterocycles. The van der Waals surface area contributed by atoms with E-state index in [2.05, 4.69) is 92.0 Å². The molecule has 1 amide bonds. The fourth-order valence-corrected chi connectivity index (χ4v) is 8.57. The Balaban J connectivity index is 0.000000695. The molecule has 0 radical (unpaired) electrons. The predicted molar refractivity (Wildman–Crippen MR) is 137 cm³/mol. The first-order chi connectivity index (χ1) is 17.6. The quantitative estimate of drug-likeness (QED) is 0.368. The molecule has 0 fully saturated rings. The van der Waals surface area contributed by atoms with Gasteiger partial charge in [-0.15, -0.1) is 10.2 Å². The summed E-state index contributed by atoms with van der Waals surface area (Å²) in [5.74, 6) is -0.0889. The van der Waals surface area contributed by atoms with E-state index in [1.165, 1.54) is 15.9 Å². The topological polar surface area (TPSA) is 121 Å². The minimum atomic E-state index is -4.94. The van der Waals surface area contributed by atoms with Crippen molar-refractivity contribution < 1.29 is 33.7 Å². The van der Waals surface area contributed by atoms with Gasteiger partial charge in [-0.1, -0.05) is 72.8 Å². The van der Waals surface area contributed by atoms with Crippen LogP contribution in [0.5, 0.6) is 0 Å². The number of hydrogen-bond donors (Lipinski definition) is 1. The molecule has 0 bridgehead atoms. The van der Waals surface area contributed by atoms with Crippen LogP contribution >= 0.6 is 7.26 Å². The lowest BCUT2D eigenvalue weighted by molar-refractivity contribution is -2.00. The van der Waals surface area contributed by atoms with Crippen LogP contribution < -0.4 is 39.9 Å². The third-order valence-electron chi connectivity index (χ3n) is 5.51. The van der Waals surface area contributed by atoms with Crippen LogP contribution in [-0.2, 0) is 0 Å². The van der Waals surface area contributed by atoms with Gasteiger partial charge in [-0.3, -0.25) is 10.1 Å². The SMILES string of the molecule is CC(C)=C(NC(=O)c1ccccc1)[P+](c1ccccc1)(c1ccccc1)c1ccccc1.[O-][Cl+3]([O-])([O-])[O-]. The van der Waals surface area contributed by atoms with E-state index in [4.69, 9.17) is 18.6 Å². The highest BCUT2D eigenvalue weighted by Crippen LogP contribution is 2.62. The molecule has 37 heavy (non-hydrogen) atoms. The van der Waals surface area contributed by atoms with Crippen LogP contribution in [0.1, 0.15) is 24.2 Å². The highest BCUT2D eigenvalue weighted by atomic mass is 35.7. The van der Waals surface area contributed by atoms with Crippen molar-refractivity contribution in [2.45, 2.75) is 13.8 Å². The van der Waals surface area contributed by atoms with Gasteiger partial charge >= 0.3 is 0 Å². The lowest BCUT2D eigenvalue weighted by atomic mass is 10.2. The first-order valence-electron chi connectivity index (χ1n) is 11.4. The zero-order valence-electron chi connectivity index (χ0n) is 20.4. The molecule has 0 unspecified atom stereocenters. The maximum absolute atomic E-state index is 13.4. The number of amides is 1. The number of allylic oxidation sites excluding steroid dienone is 1. The van der Waals surface area contributed by atoms with Crippen molar-refractivity contribution >= 4 is 29.1 Å². The van der Waals surface area contributed by atoms with E-state index in [0.717, 1.165) is 11.0 Å². The summed E-state index contributed by atoms with van der Waals surface area (Å²) < 4.78 is 34.0. The Morgan fingerprint density at radius 1 is 0.595 bits per heavy atom. The Kier molecular flexibility index (Phi) is 9.73. The Bertz CT molecular complexity index is 1210. The zero-order valence-corrected chi connectivity index (χ0v) is 22.1. The molecule has 4 aromatic rings. The normalized spacial score (nSPS) is 11.1. The fraction of sp³-hybridized carbons (Fsp3) is 0.0690. The van der Waals surface area contributed by atoms with E-state index < -0.39 is 17.5 Å². The maximum atomic E-state index is 13.4. The molecule has 4 aromatic carbocycles. The molecular formula is C29H27ClNO5P. The molecule has 8 heteroatoms. The molecule has 0 aliphatic carbocycles. The molecular weight excluding hydrogens is 509 g/mol. The van der Waals surface area contributed by atoms with Crippen molar-refractivity contribution in [1.29, 1.82) is 0 Å². The van der Waals surface area contributed by atoms with Gasteiger partial charge in [0.1, 0.15) is 15.9 Å². The molecule has 190 valence electrons. The van der Waals surface area contributed by atoms with Crippen LogP contribution in [0.25, 0.3) is 0 Å². The second kappa shape index (κ2) is 12.7. The number of carbonyl (C=O) groups excluding carboxylic acids is 1. The molecule has 0 atom stereocenters. The van der Waals surface area contributed by atoms with Crippen LogP contribution in [0.15, 0.2) is 132 Å². The minimum Gasteiger partial charge on any atom is -0.292 e. The van der Waals surface area contributed by atoms with Gasteiger partial charge in [0.2, 0.25) is 0 Å². The van der Waals surface area contributed by atoms with E-state index in [1.807, 2.05) is 48.5 Å². The number of rotatable bonds is 6. The van der Waals surface area contributed by atoms with E-state index in [1.54, 1.807) is 0 Å². The number of halogens is 1. The summed E-state index contributed by atoms with van der Waals surface area (Å²) in [4.78, 5) is 13.4. The Hall–Kier alpha value is -3.35. The molecule has 0 aromatic heterocycles. The average molecular weight is 536 g/mol. The van der Waals surface area contributed by atoms with Crippen LogP contribution in [0.4, 0.5) is 0 Å². The zero-order chi connectivity index (χ0) is 26.9. The van der Waals surface area contributed by atoms with E-state index in [-0.39, 0.29) is 5.91 Å². The molecule has 4 rings (SSSR count). The van der Waals surface area contributed by atoms with Crippen LogP contribution in [0, 0.1) is 10.2 Å². The molecule has 0 spiro atoms. The maximum Gasteiger partial charge on any atom is 0.258 e. The van der Waals surface area contributed by atoms with Gasteiger partial charge in [0.15, 0.2) is 12.7 Å². The third kappa shape index (κ3) is 7.34. The van der Waals surface area contributed by atoms with E-state index >= 15 is 0 Å². The average Bonchev–Trinajstić information content (AvgIpc) is 2.90. The van der Waals surface area contributed by atoms with Gasteiger partial charge < -0.3 is 0 Å². The van der Waals surface area contributed by atoms with E-state index in [9.17, 15) is 4.79 Å². The highest BCUT2D eigenvalue weighted by molar-refractivity contribution is 7.99. The first kappa shape index (κ1) is 28.2. The van der Waals surface area contributed by atoms with Crippen LogP contribution in [-0.4, -0.2) is 5.91 Å². The number of nitrogens with one attached hydrogen (secondary N) is 1. The number of hydrogen-bond acceptors (Lipinski definition) is 5. The standard InChI is InChI=1S/C29H26NOP.ClHO4/c1-23(2)29(30-28(31)24-15-7-3-8-16-24)32(25-17-9-4-10-18-25,26-19-11-5-12-20-26)27-21-13-6-14-22-27;2-1(3,4)5/h3-22H,1-2H3;(H,2,3,4,5). The second-order valence-corrected chi connectivity index (χ2v) is 12.3. The van der Waals surface area contributed by atoms with Crippen LogP contribution in [0.2, 0.25) is 0 Å². The van der Waals surface area contributed by atoms with E-state index in [0.29, 0.717) is 5.56 Å². The van der Waals surface area contributed by atoms with Gasteiger partial charge in [0.05, 0.1) is 0 Å². The van der Waals surface area contributed by atoms with Crippen molar-refractivity contribution in [2.75, 3.05) is 0 Å². The molecule has 6 nitrogen and oxygen atoms in total. The summed E-state index contributed by atoms with van der Waals surface area (Å²) in [6.07, 6.45) is 0. The molecule has 0 aliphatic rings. The monoisotopic (exact) mass is 535 g/mol. The van der Waals surface area contributed by atoms with Gasteiger partial charge in [0.25, 0.3) is 5.91 Å². The van der Waals surface area contributed by atoms with Crippen molar-refractivity contribution in [3.8, 4) is 0 Å². The number of carbonyl (C=O) groups is 1. The summed E-state index contributed by atoms with van der Waals surface area (Å²) in [5, 5.41) is 6.99. The smallest absolute Gasteiger partial charge is 0.258 e. The summed E-state index contributed by atoms with van der Waals surface area (Å²) in [7, 11) is -7.29. The van der Waals surface area contributed by atoms with Crippen molar-refractivity contribution in [3.05, 3.63) is 138 Å². The lowest BCUT2D eigenvalue weighted by Crippen LogP contribution is -2.68. The minimum absolute atomic E-state index is 0.0889. The Morgan fingerprint density at radius 2 is 0.892 bits per heavy atom. The summed E-state index contributed by atoms with van der Waals surface area (Å²) in [5.41, 5.74) is 2.73. The molecule has 0 heterocycles. The first-order valence-corrected chi connectivity index (χ1v) is 14.4. The molecule has 1 N–H and O–H groups in total.